The number of hydrogen-bond donors (Lipinski definition) is 2. The van der Waals surface area contributed by atoms with E-state index in [0.717, 1.165) is 21.7 Å². The Morgan fingerprint density at radius 1 is 1.29 bits per heavy atom. The quantitative estimate of drug-likeness (QED) is 0.595. The van der Waals surface area contributed by atoms with Gasteiger partial charge in [0.25, 0.3) is 0 Å². The van der Waals surface area contributed by atoms with Gasteiger partial charge in [0.15, 0.2) is 0 Å². The van der Waals surface area contributed by atoms with Gasteiger partial charge in [-0.25, -0.2) is 0 Å². The number of benzene rings is 1. The maximum atomic E-state index is 11.5. The number of rotatable bonds is 4. The molecule has 2 heterocycles. The van der Waals surface area contributed by atoms with Gasteiger partial charge in [-0.1, -0.05) is 35.4 Å². The molecule has 3 N–H and O–H groups in total. The SMILES string of the molecule is Cc1ccc(Cc2c(CC(N)=O)[nH]c3ccc(Cl)c(Cl)c3c2=S)s1. The average molecular weight is 397 g/mol. The Balaban J connectivity index is 2.26. The molecule has 1 amide bonds. The Hall–Kier alpha value is -1.40. The van der Waals surface area contributed by atoms with E-state index in [1.807, 2.05) is 6.07 Å². The molecular formula is C17H14Cl2N2OS2. The number of nitrogens with one attached hydrogen (secondary N) is 1. The van der Waals surface area contributed by atoms with Gasteiger partial charge in [0.05, 0.1) is 21.0 Å². The second kappa shape index (κ2) is 6.84. The third-order valence-electron chi connectivity index (χ3n) is 3.74. The van der Waals surface area contributed by atoms with Gasteiger partial charge in [0, 0.05) is 32.8 Å². The lowest BCUT2D eigenvalue weighted by Crippen LogP contribution is -2.16. The zero-order chi connectivity index (χ0) is 17.4. The third kappa shape index (κ3) is 3.35. The van der Waals surface area contributed by atoms with Crippen LogP contribution in [0.4, 0.5) is 0 Å². The molecule has 0 spiro atoms. The van der Waals surface area contributed by atoms with Gasteiger partial charge >= 0.3 is 0 Å². The third-order valence-corrected chi connectivity index (χ3v) is 6.00. The Morgan fingerprint density at radius 3 is 2.67 bits per heavy atom. The molecule has 0 atom stereocenters. The van der Waals surface area contributed by atoms with Crippen molar-refractivity contribution in [1.29, 1.82) is 0 Å². The fourth-order valence-corrected chi connectivity index (χ4v) is 4.45. The lowest BCUT2D eigenvalue weighted by molar-refractivity contribution is -0.117. The second-order valence-corrected chi connectivity index (χ2v) is 8.09. The Morgan fingerprint density at radius 2 is 2.04 bits per heavy atom. The fraction of sp³-hybridized carbons (Fsp3) is 0.176. The van der Waals surface area contributed by atoms with Crippen molar-refractivity contribution in [2.24, 2.45) is 5.73 Å². The number of fused-ring (bicyclic) bond motifs is 1. The van der Waals surface area contributed by atoms with Crippen molar-refractivity contribution in [3.63, 3.8) is 0 Å². The van der Waals surface area contributed by atoms with Gasteiger partial charge in [0.2, 0.25) is 5.91 Å². The highest BCUT2D eigenvalue weighted by molar-refractivity contribution is 7.71. The molecule has 0 bridgehead atoms. The first-order chi connectivity index (χ1) is 11.4. The van der Waals surface area contributed by atoms with Gasteiger partial charge in [-0.15, -0.1) is 11.3 Å². The number of H-pyrrole nitrogens is 1. The summed E-state index contributed by atoms with van der Waals surface area (Å²) in [4.78, 5) is 17.1. The summed E-state index contributed by atoms with van der Waals surface area (Å²) < 4.78 is 0.610. The average Bonchev–Trinajstić information content (AvgIpc) is 2.91. The minimum absolute atomic E-state index is 0.0967. The zero-order valence-corrected chi connectivity index (χ0v) is 15.9. The van der Waals surface area contributed by atoms with Gasteiger partial charge in [-0.3, -0.25) is 4.79 Å². The molecule has 0 unspecified atom stereocenters. The number of thiophene rings is 1. The smallest absolute Gasteiger partial charge is 0.223 e. The van der Waals surface area contributed by atoms with E-state index >= 15 is 0 Å². The summed E-state index contributed by atoms with van der Waals surface area (Å²) in [5.41, 5.74) is 7.74. The van der Waals surface area contributed by atoms with E-state index in [9.17, 15) is 4.79 Å². The summed E-state index contributed by atoms with van der Waals surface area (Å²) in [6.45, 7) is 2.05. The molecule has 124 valence electrons. The van der Waals surface area contributed by atoms with E-state index in [0.29, 0.717) is 26.4 Å². The number of hydrogen-bond acceptors (Lipinski definition) is 3. The molecule has 7 heteroatoms. The molecule has 1 aromatic carbocycles. The summed E-state index contributed by atoms with van der Waals surface area (Å²) in [5, 5.41) is 1.57. The van der Waals surface area contributed by atoms with Crippen LogP contribution in [0.25, 0.3) is 10.9 Å². The number of aryl methyl sites for hydroxylation is 1. The number of nitrogens with two attached hydrogens (primary N) is 1. The lowest BCUT2D eigenvalue weighted by atomic mass is 10.0. The molecule has 24 heavy (non-hydrogen) atoms. The first-order valence-corrected chi connectivity index (χ1v) is 9.20. The predicted octanol–water partition coefficient (Wildman–Crippen LogP) is 5.19. The molecule has 2 aromatic heterocycles. The normalized spacial score (nSPS) is 11.1. The summed E-state index contributed by atoms with van der Waals surface area (Å²) in [6, 6.07) is 7.63. The van der Waals surface area contributed by atoms with Crippen molar-refractivity contribution in [1.82, 2.24) is 4.98 Å². The Labute approximate surface area is 158 Å². The van der Waals surface area contributed by atoms with Crippen molar-refractivity contribution in [2.75, 3.05) is 0 Å². The van der Waals surface area contributed by atoms with Crippen LogP contribution in [-0.2, 0) is 17.6 Å². The molecule has 0 saturated heterocycles. The van der Waals surface area contributed by atoms with Crippen LogP contribution in [0.1, 0.15) is 21.0 Å². The number of halogens is 2. The van der Waals surface area contributed by atoms with Crippen molar-refractivity contribution in [3.05, 3.63) is 59.8 Å². The van der Waals surface area contributed by atoms with Crippen molar-refractivity contribution in [2.45, 2.75) is 19.8 Å². The molecule has 3 rings (SSSR count). The van der Waals surface area contributed by atoms with E-state index in [1.165, 1.54) is 4.88 Å². The number of primary amides is 1. The van der Waals surface area contributed by atoms with E-state index in [-0.39, 0.29) is 6.42 Å². The largest absolute Gasteiger partial charge is 0.369 e. The number of carbonyl (C=O) groups is 1. The topological polar surface area (TPSA) is 58.9 Å². The van der Waals surface area contributed by atoms with Crippen LogP contribution >= 0.6 is 46.8 Å². The van der Waals surface area contributed by atoms with Crippen LogP contribution < -0.4 is 5.73 Å². The molecular weight excluding hydrogens is 383 g/mol. The predicted molar refractivity (Wildman–Crippen MR) is 104 cm³/mol. The second-order valence-electron chi connectivity index (χ2n) is 5.53. The first kappa shape index (κ1) is 17.4. The number of pyridine rings is 1. The zero-order valence-electron chi connectivity index (χ0n) is 12.8. The van der Waals surface area contributed by atoms with Gasteiger partial charge in [0.1, 0.15) is 0 Å². The maximum Gasteiger partial charge on any atom is 0.223 e. The minimum atomic E-state index is -0.413. The number of aromatic amines is 1. The molecule has 0 aliphatic carbocycles. The van der Waals surface area contributed by atoms with Gasteiger partial charge in [-0.05, 0) is 36.8 Å². The highest BCUT2D eigenvalue weighted by atomic mass is 35.5. The lowest BCUT2D eigenvalue weighted by Gasteiger charge is -2.13. The van der Waals surface area contributed by atoms with Crippen LogP contribution in [0.5, 0.6) is 0 Å². The molecule has 3 nitrogen and oxygen atoms in total. The summed E-state index contributed by atoms with van der Waals surface area (Å²) in [5.74, 6) is -0.413. The van der Waals surface area contributed by atoms with Crippen LogP contribution in [0, 0.1) is 11.4 Å². The standard InChI is InChI=1S/C17H14Cl2N2OS2/c1-8-2-3-9(24-8)6-10-13(7-14(20)22)21-12-5-4-11(18)16(19)15(12)17(10)23/h2-5H,6-7H2,1H3,(H2,20,22)(H,21,23). The molecule has 0 radical (unpaired) electrons. The van der Waals surface area contributed by atoms with Crippen LogP contribution in [0.2, 0.25) is 10.0 Å². The summed E-state index contributed by atoms with van der Waals surface area (Å²) >= 11 is 19.9. The van der Waals surface area contributed by atoms with Crippen LogP contribution in [0.3, 0.4) is 0 Å². The fourth-order valence-electron chi connectivity index (χ4n) is 2.67. The molecule has 0 saturated carbocycles. The molecule has 0 fully saturated rings. The number of carbonyl (C=O) groups excluding carboxylic acids is 1. The Bertz CT molecular complexity index is 1010. The highest BCUT2D eigenvalue weighted by Crippen LogP contribution is 2.33. The monoisotopic (exact) mass is 396 g/mol. The van der Waals surface area contributed by atoms with E-state index < -0.39 is 5.91 Å². The summed E-state index contributed by atoms with van der Waals surface area (Å²) in [7, 11) is 0. The van der Waals surface area contributed by atoms with Crippen molar-refractivity contribution in [3.8, 4) is 0 Å². The van der Waals surface area contributed by atoms with Crippen LogP contribution in [-0.4, -0.2) is 10.9 Å². The van der Waals surface area contributed by atoms with E-state index in [4.69, 9.17) is 41.2 Å². The molecule has 3 aromatic rings. The maximum absolute atomic E-state index is 11.5. The molecule has 0 aliphatic rings. The number of aromatic nitrogens is 1. The number of amides is 1. The van der Waals surface area contributed by atoms with E-state index in [2.05, 4.69) is 24.0 Å². The van der Waals surface area contributed by atoms with Crippen LogP contribution in [0.15, 0.2) is 24.3 Å². The highest BCUT2D eigenvalue weighted by Gasteiger charge is 2.16. The summed E-state index contributed by atoms with van der Waals surface area (Å²) in [6.07, 6.45) is 0.717. The van der Waals surface area contributed by atoms with Gasteiger partial charge in [-0.2, -0.15) is 0 Å². The first-order valence-electron chi connectivity index (χ1n) is 7.22. The van der Waals surface area contributed by atoms with Gasteiger partial charge < -0.3 is 10.7 Å². The minimum Gasteiger partial charge on any atom is -0.369 e. The van der Waals surface area contributed by atoms with Crippen molar-refractivity contribution < 1.29 is 4.79 Å². The molecule has 0 aliphatic heterocycles. The van der Waals surface area contributed by atoms with E-state index in [1.54, 1.807) is 17.4 Å². The van der Waals surface area contributed by atoms with Crippen molar-refractivity contribution >= 4 is 63.6 Å². The Kier molecular flexibility index (Phi) is 4.97.